The molecule has 0 bridgehead atoms. The number of methoxy groups -OCH3 is 2. The van der Waals surface area contributed by atoms with Gasteiger partial charge in [-0.05, 0) is 6.07 Å². The van der Waals surface area contributed by atoms with E-state index in [-0.39, 0.29) is 36.8 Å². The summed E-state index contributed by atoms with van der Waals surface area (Å²) in [6, 6.07) is 3.13. The lowest BCUT2D eigenvalue weighted by Crippen LogP contribution is -2.36. The molecule has 0 radical (unpaired) electrons. The molecule has 0 N–H and O–H groups in total. The fourth-order valence-electron chi connectivity index (χ4n) is 1.93. The largest absolute Gasteiger partial charge is 0.383 e. The Hall–Kier alpha value is -2.04. The normalized spacial score (nSPS) is 11.3. The van der Waals surface area contributed by atoms with Crippen molar-refractivity contribution in [1.82, 2.24) is 4.90 Å². The minimum atomic E-state index is -3.70. The van der Waals surface area contributed by atoms with Crippen LogP contribution in [0, 0.1) is 10.1 Å². The molecule has 9 nitrogen and oxygen atoms in total. The predicted molar refractivity (Wildman–Crippen MR) is 85.9 cm³/mol. The van der Waals surface area contributed by atoms with Crippen LogP contribution in [0.2, 0.25) is 0 Å². The lowest BCUT2D eigenvalue weighted by atomic mass is 10.1. The van der Waals surface area contributed by atoms with Crippen molar-refractivity contribution in [1.29, 1.82) is 0 Å². The lowest BCUT2D eigenvalue weighted by Gasteiger charge is -2.22. The Bertz CT molecular complexity index is 695. The average Bonchev–Trinajstić information content (AvgIpc) is 2.53. The van der Waals surface area contributed by atoms with Crippen molar-refractivity contribution in [3.8, 4) is 0 Å². The summed E-state index contributed by atoms with van der Waals surface area (Å²) in [5, 5.41) is 11.0. The first-order valence-corrected chi connectivity index (χ1v) is 8.86. The van der Waals surface area contributed by atoms with Crippen molar-refractivity contribution in [3.63, 3.8) is 0 Å². The minimum Gasteiger partial charge on any atom is -0.383 e. The summed E-state index contributed by atoms with van der Waals surface area (Å²) in [7, 11) is -0.739. The van der Waals surface area contributed by atoms with E-state index in [0.29, 0.717) is 0 Å². The van der Waals surface area contributed by atoms with Gasteiger partial charge in [0.05, 0.1) is 23.0 Å². The van der Waals surface area contributed by atoms with Crippen molar-refractivity contribution in [3.05, 3.63) is 33.9 Å². The molecule has 0 heterocycles. The van der Waals surface area contributed by atoms with Gasteiger partial charge in [0.1, 0.15) is 0 Å². The van der Waals surface area contributed by atoms with Gasteiger partial charge in [0.2, 0.25) is 0 Å². The maximum Gasteiger partial charge on any atom is 0.271 e. The van der Waals surface area contributed by atoms with Gasteiger partial charge in [-0.3, -0.25) is 14.9 Å². The van der Waals surface area contributed by atoms with Crippen LogP contribution >= 0.6 is 0 Å². The maximum absolute atomic E-state index is 12.6. The van der Waals surface area contributed by atoms with Crippen LogP contribution in [-0.2, 0) is 19.3 Å². The van der Waals surface area contributed by atoms with Gasteiger partial charge in [-0.2, -0.15) is 0 Å². The number of hydrogen-bond donors (Lipinski definition) is 0. The number of ether oxygens (including phenoxy) is 2. The molecule has 0 fully saturated rings. The van der Waals surface area contributed by atoms with Gasteiger partial charge in [0, 0.05) is 51.3 Å². The van der Waals surface area contributed by atoms with Crippen LogP contribution in [0.5, 0.6) is 0 Å². The average molecular weight is 360 g/mol. The molecule has 1 rings (SSSR count). The van der Waals surface area contributed by atoms with Gasteiger partial charge < -0.3 is 14.4 Å². The zero-order valence-corrected chi connectivity index (χ0v) is 14.5. The molecule has 1 amide bonds. The molecule has 0 aliphatic rings. The van der Waals surface area contributed by atoms with Crippen molar-refractivity contribution in [2.45, 2.75) is 4.90 Å². The van der Waals surface area contributed by atoms with Crippen LogP contribution in [0.25, 0.3) is 0 Å². The van der Waals surface area contributed by atoms with Gasteiger partial charge >= 0.3 is 0 Å². The molecule has 0 spiro atoms. The van der Waals surface area contributed by atoms with Crippen molar-refractivity contribution < 1.29 is 27.6 Å². The van der Waals surface area contributed by atoms with Crippen molar-refractivity contribution in [2.75, 3.05) is 46.8 Å². The number of non-ortho nitro benzene ring substituents is 1. The summed E-state index contributed by atoms with van der Waals surface area (Å²) in [5.41, 5.74) is -0.531. The van der Waals surface area contributed by atoms with E-state index in [0.717, 1.165) is 24.5 Å². The first kappa shape index (κ1) is 20.0. The number of carbonyl (C=O) groups excluding carboxylic acids is 1. The predicted octanol–water partition coefficient (Wildman–Crippen LogP) is 0.733. The Morgan fingerprint density at radius 2 is 1.71 bits per heavy atom. The number of benzene rings is 1. The Labute approximate surface area is 140 Å². The second-order valence-corrected chi connectivity index (χ2v) is 7.04. The van der Waals surface area contributed by atoms with E-state index in [1.165, 1.54) is 19.1 Å². The van der Waals surface area contributed by atoms with Crippen molar-refractivity contribution >= 4 is 21.4 Å². The highest BCUT2D eigenvalue weighted by Gasteiger charge is 2.22. The summed E-state index contributed by atoms with van der Waals surface area (Å²) in [6.07, 6.45) is 0.925. The number of nitro benzene ring substituents is 1. The molecule has 1 aromatic rings. The van der Waals surface area contributed by atoms with Gasteiger partial charge in [-0.1, -0.05) is 0 Å². The quantitative estimate of drug-likeness (QED) is 0.471. The van der Waals surface area contributed by atoms with E-state index in [4.69, 9.17) is 9.47 Å². The van der Waals surface area contributed by atoms with E-state index in [2.05, 4.69) is 0 Å². The molecule has 1 aromatic carbocycles. The molecular weight excluding hydrogens is 340 g/mol. The second kappa shape index (κ2) is 8.71. The molecule has 10 heteroatoms. The summed E-state index contributed by atoms with van der Waals surface area (Å²) in [6.45, 7) is 1.03. The molecule has 134 valence electrons. The first-order chi connectivity index (χ1) is 11.2. The standard InChI is InChI=1S/C14H20N2O7S/c1-22-6-4-15(5-7-23-2)14(17)11-8-12(16(18)19)10-13(9-11)24(3,20)21/h8-10H,4-7H2,1-3H3. The third-order valence-corrected chi connectivity index (χ3v) is 4.29. The Kier molecular flexibility index (Phi) is 7.26. The molecule has 0 aliphatic carbocycles. The zero-order chi connectivity index (χ0) is 18.3. The summed E-state index contributed by atoms with van der Waals surface area (Å²) in [4.78, 5) is 24.0. The smallest absolute Gasteiger partial charge is 0.271 e. The molecule has 24 heavy (non-hydrogen) atoms. The van der Waals surface area contributed by atoms with E-state index >= 15 is 0 Å². The fraction of sp³-hybridized carbons (Fsp3) is 0.500. The first-order valence-electron chi connectivity index (χ1n) is 6.97. The summed E-state index contributed by atoms with van der Waals surface area (Å²) in [5.74, 6) is -0.530. The summed E-state index contributed by atoms with van der Waals surface area (Å²) < 4.78 is 33.3. The second-order valence-electron chi connectivity index (χ2n) is 5.02. The Morgan fingerprint density at radius 1 is 1.17 bits per heavy atom. The van der Waals surface area contributed by atoms with E-state index in [1.807, 2.05) is 0 Å². The third-order valence-electron chi connectivity index (χ3n) is 3.20. The molecular formula is C14H20N2O7S. The number of carbonyl (C=O) groups is 1. The van der Waals surface area contributed by atoms with Crippen LogP contribution in [0.4, 0.5) is 5.69 Å². The van der Waals surface area contributed by atoms with Crippen LogP contribution in [0.1, 0.15) is 10.4 Å². The highest BCUT2D eigenvalue weighted by atomic mass is 32.2. The van der Waals surface area contributed by atoms with E-state index in [9.17, 15) is 23.3 Å². The highest BCUT2D eigenvalue weighted by Crippen LogP contribution is 2.22. The monoisotopic (exact) mass is 360 g/mol. The summed E-state index contributed by atoms with van der Waals surface area (Å²) >= 11 is 0. The molecule has 0 atom stereocenters. The van der Waals surface area contributed by atoms with Crippen molar-refractivity contribution in [2.24, 2.45) is 0 Å². The molecule has 0 unspecified atom stereocenters. The van der Waals surface area contributed by atoms with Crippen LogP contribution in [-0.4, -0.2) is 70.9 Å². The molecule has 0 saturated carbocycles. The molecule has 0 aliphatic heterocycles. The van der Waals surface area contributed by atoms with E-state index in [1.54, 1.807) is 0 Å². The molecule has 0 aromatic heterocycles. The number of nitrogens with zero attached hydrogens (tertiary/aromatic N) is 2. The van der Waals surface area contributed by atoms with Crippen LogP contribution in [0.3, 0.4) is 0 Å². The number of rotatable bonds is 9. The number of amides is 1. The SMILES string of the molecule is COCCN(CCOC)C(=O)c1cc([N+](=O)[O-])cc(S(C)(=O)=O)c1. The maximum atomic E-state index is 12.6. The van der Waals surface area contributed by atoms with Gasteiger partial charge in [-0.15, -0.1) is 0 Å². The van der Waals surface area contributed by atoms with Crippen LogP contribution < -0.4 is 0 Å². The van der Waals surface area contributed by atoms with Gasteiger partial charge in [-0.25, -0.2) is 8.42 Å². The van der Waals surface area contributed by atoms with Gasteiger partial charge in [0.25, 0.3) is 11.6 Å². The number of nitro groups is 1. The fourth-order valence-corrected chi connectivity index (χ4v) is 2.60. The lowest BCUT2D eigenvalue weighted by molar-refractivity contribution is -0.385. The topological polar surface area (TPSA) is 116 Å². The minimum absolute atomic E-state index is 0.0724. The third kappa shape index (κ3) is 5.55. The van der Waals surface area contributed by atoms with Gasteiger partial charge in [0.15, 0.2) is 9.84 Å². The highest BCUT2D eigenvalue weighted by molar-refractivity contribution is 7.90. The Morgan fingerprint density at radius 3 is 2.12 bits per heavy atom. The van der Waals surface area contributed by atoms with E-state index < -0.39 is 26.4 Å². The number of hydrogen-bond acceptors (Lipinski definition) is 7. The Balaban J connectivity index is 3.27. The molecule has 0 saturated heterocycles. The van der Waals surface area contributed by atoms with Crippen LogP contribution in [0.15, 0.2) is 23.1 Å². The number of sulfone groups is 1. The zero-order valence-electron chi connectivity index (χ0n) is 13.7.